The van der Waals surface area contributed by atoms with Gasteiger partial charge >= 0.3 is 0 Å². The van der Waals surface area contributed by atoms with E-state index in [2.05, 4.69) is 15.6 Å². The molecular weight excluding hydrogens is 240 g/mol. The zero-order valence-corrected chi connectivity index (χ0v) is 10.8. The highest BCUT2D eigenvalue weighted by Crippen LogP contribution is 2.11. The summed E-state index contributed by atoms with van der Waals surface area (Å²) in [6, 6.07) is 5.87. The summed E-state index contributed by atoms with van der Waals surface area (Å²) in [7, 11) is 0. The molecule has 0 radical (unpaired) electrons. The third kappa shape index (κ3) is 2.93. The van der Waals surface area contributed by atoms with Crippen LogP contribution in [-0.4, -0.2) is 28.4 Å². The summed E-state index contributed by atoms with van der Waals surface area (Å²) in [6.07, 6.45) is 5.62. The molecule has 0 spiro atoms. The molecule has 0 aliphatic carbocycles. The average molecular weight is 258 g/mol. The van der Waals surface area contributed by atoms with E-state index in [4.69, 9.17) is 0 Å². The molecule has 2 aromatic heterocycles. The van der Waals surface area contributed by atoms with Gasteiger partial charge in [0, 0.05) is 18.8 Å². The third-order valence-electron chi connectivity index (χ3n) is 3.52. The second kappa shape index (κ2) is 5.40. The van der Waals surface area contributed by atoms with Gasteiger partial charge in [0.15, 0.2) is 0 Å². The van der Waals surface area contributed by atoms with E-state index >= 15 is 0 Å². The fourth-order valence-electron chi connectivity index (χ4n) is 2.48. The minimum Gasteiger partial charge on any atom is -0.350 e. The number of aromatic nitrogens is 2. The van der Waals surface area contributed by atoms with Gasteiger partial charge in [0.25, 0.3) is 0 Å². The molecular formula is C14H18N4O. The highest BCUT2D eigenvalue weighted by molar-refractivity contribution is 5.76. The van der Waals surface area contributed by atoms with Crippen LogP contribution in [-0.2, 0) is 11.3 Å². The molecule has 19 heavy (non-hydrogen) atoms. The van der Waals surface area contributed by atoms with Gasteiger partial charge in [-0.05, 0) is 37.6 Å². The number of hydrogen-bond donors (Lipinski definition) is 2. The Labute approximate surface area is 112 Å². The number of fused-ring (bicyclic) bond motifs is 1. The SMILES string of the molecule is O=C(C[C@@H]1CCNC1)NCc1cn2ccccc2n1. The Balaban J connectivity index is 1.54. The molecule has 2 aromatic rings. The number of pyridine rings is 1. The Morgan fingerprint density at radius 3 is 3.26 bits per heavy atom. The molecule has 1 fully saturated rings. The van der Waals surface area contributed by atoms with Crippen molar-refractivity contribution in [3.63, 3.8) is 0 Å². The maximum absolute atomic E-state index is 11.8. The van der Waals surface area contributed by atoms with Gasteiger partial charge in [0.2, 0.25) is 5.91 Å². The van der Waals surface area contributed by atoms with Crippen molar-refractivity contribution >= 4 is 11.6 Å². The lowest BCUT2D eigenvalue weighted by atomic mass is 10.0. The lowest BCUT2D eigenvalue weighted by molar-refractivity contribution is -0.122. The standard InChI is InChI=1S/C14H18N4O/c19-14(7-11-4-5-15-8-11)16-9-12-10-18-6-2-1-3-13(18)17-12/h1-3,6,10-11,15H,4-5,7-9H2,(H,16,19)/t11-/m0/s1. The summed E-state index contributed by atoms with van der Waals surface area (Å²) in [6.45, 7) is 2.49. The summed E-state index contributed by atoms with van der Waals surface area (Å²) in [5, 5.41) is 6.22. The van der Waals surface area contributed by atoms with Crippen LogP contribution in [0.15, 0.2) is 30.6 Å². The molecule has 2 N–H and O–H groups in total. The second-order valence-corrected chi connectivity index (χ2v) is 5.04. The maximum atomic E-state index is 11.8. The maximum Gasteiger partial charge on any atom is 0.220 e. The van der Waals surface area contributed by atoms with E-state index in [0.29, 0.717) is 18.9 Å². The van der Waals surface area contributed by atoms with Crippen molar-refractivity contribution in [3.8, 4) is 0 Å². The van der Waals surface area contributed by atoms with Gasteiger partial charge in [-0.15, -0.1) is 0 Å². The third-order valence-corrected chi connectivity index (χ3v) is 3.52. The number of carbonyl (C=O) groups is 1. The van der Waals surface area contributed by atoms with Crippen LogP contribution >= 0.6 is 0 Å². The van der Waals surface area contributed by atoms with E-state index in [0.717, 1.165) is 30.9 Å². The first-order valence-corrected chi connectivity index (χ1v) is 6.71. The van der Waals surface area contributed by atoms with Crippen LogP contribution in [0.3, 0.4) is 0 Å². The zero-order chi connectivity index (χ0) is 13.1. The summed E-state index contributed by atoms with van der Waals surface area (Å²) >= 11 is 0. The van der Waals surface area contributed by atoms with E-state index in [1.54, 1.807) is 0 Å². The van der Waals surface area contributed by atoms with E-state index in [1.807, 2.05) is 35.0 Å². The fourth-order valence-corrected chi connectivity index (χ4v) is 2.48. The van der Waals surface area contributed by atoms with E-state index in [-0.39, 0.29) is 5.91 Å². The quantitative estimate of drug-likeness (QED) is 0.858. The number of hydrogen-bond acceptors (Lipinski definition) is 3. The Kier molecular flexibility index (Phi) is 3.46. The van der Waals surface area contributed by atoms with Gasteiger partial charge in [-0.2, -0.15) is 0 Å². The predicted molar refractivity (Wildman–Crippen MR) is 72.6 cm³/mol. The Hall–Kier alpha value is -1.88. The summed E-state index contributed by atoms with van der Waals surface area (Å²) in [4.78, 5) is 16.3. The predicted octanol–water partition coefficient (Wildman–Crippen LogP) is 0.950. The summed E-state index contributed by atoms with van der Waals surface area (Å²) < 4.78 is 1.96. The van der Waals surface area contributed by atoms with Crippen molar-refractivity contribution in [1.82, 2.24) is 20.0 Å². The molecule has 1 aliphatic heterocycles. The van der Waals surface area contributed by atoms with Crippen molar-refractivity contribution < 1.29 is 4.79 Å². The smallest absolute Gasteiger partial charge is 0.220 e. The van der Waals surface area contributed by atoms with Gasteiger partial charge < -0.3 is 15.0 Å². The number of carbonyl (C=O) groups excluding carboxylic acids is 1. The van der Waals surface area contributed by atoms with Crippen molar-refractivity contribution in [3.05, 3.63) is 36.3 Å². The van der Waals surface area contributed by atoms with Crippen molar-refractivity contribution in [2.24, 2.45) is 5.92 Å². The van der Waals surface area contributed by atoms with Crippen molar-refractivity contribution in [1.29, 1.82) is 0 Å². The minimum atomic E-state index is 0.116. The lowest BCUT2D eigenvalue weighted by Crippen LogP contribution is -2.26. The molecule has 1 aliphatic rings. The number of amides is 1. The molecule has 5 nitrogen and oxygen atoms in total. The Morgan fingerprint density at radius 1 is 1.53 bits per heavy atom. The molecule has 1 saturated heterocycles. The highest BCUT2D eigenvalue weighted by atomic mass is 16.1. The van der Waals surface area contributed by atoms with Crippen LogP contribution in [0.4, 0.5) is 0 Å². The fraction of sp³-hybridized carbons (Fsp3) is 0.429. The molecule has 5 heteroatoms. The molecule has 0 aromatic carbocycles. The van der Waals surface area contributed by atoms with E-state index < -0.39 is 0 Å². The first-order chi connectivity index (χ1) is 9.31. The number of nitrogens with one attached hydrogen (secondary N) is 2. The molecule has 0 bridgehead atoms. The number of nitrogens with zero attached hydrogens (tertiary/aromatic N) is 2. The molecule has 0 saturated carbocycles. The monoisotopic (exact) mass is 258 g/mol. The number of imidazole rings is 1. The molecule has 1 atom stereocenters. The van der Waals surface area contributed by atoms with Crippen molar-refractivity contribution in [2.45, 2.75) is 19.4 Å². The van der Waals surface area contributed by atoms with Crippen LogP contribution < -0.4 is 10.6 Å². The largest absolute Gasteiger partial charge is 0.350 e. The van der Waals surface area contributed by atoms with Crippen LogP contribution in [0.25, 0.3) is 5.65 Å². The van der Waals surface area contributed by atoms with Gasteiger partial charge in [-0.1, -0.05) is 6.07 Å². The minimum absolute atomic E-state index is 0.116. The topological polar surface area (TPSA) is 58.4 Å². The van der Waals surface area contributed by atoms with Crippen LogP contribution in [0.2, 0.25) is 0 Å². The average Bonchev–Trinajstić information content (AvgIpc) is 3.04. The molecule has 100 valence electrons. The Morgan fingerprint density at radius 2 is 2.47 bits per heavy atom. The second-order valence-electron chi connectivity index (χ2n) is 5.04. The van der Waals surface area contributed by atoms with E-state index in [9.17, 15) is 4.79 Å². The lowest BCUT2D eigenvalue weighted by Gasteiger charge is -2.07. The normalized spacial score (nSPS) is 18.8. The van der Waals surface area contributed by atoms with Crippen LogP contribution in [0.1, 0.15) is 18.5 Å². The molecule has 3 heterocycles. The highest BCUT2D eigenvalue weighted by Gasteiger charge is 2.17. The van der Waals surface area contributed by atoms with Crippen molar-refractivity contribution in [2.75, 3.05) is 13.1 Å². The molecule has 0 unspecified atom stereocenters. The zero-order valence-electron chi connectivity index (χ0n) is 10.8. The van der Waals surface area contributed by atoms with Gasteiger partial charge in [0.05, 0.1) is 12.2 Å². The van der Waals surface area contributed by atoms with Crippen LogP contribution in [0, 0.1) is 5.92 Å². The summed E-state index contributed by atoms with van der Waals surface area (Å²) in [5.74, 6) is 0.604. The number of rotatable bonds is 4. The van der Waals surface area contributed by atoms with Gasteiger partial charge in [0.1, 0.15) is 5.65 Å². The molecule has 1 amide bonds. The van der Waals surface area contributed by atoms with E-state index in [1.165, 1.54) is 0 Å². The van der Waals surface area contributed by atoms with Gasteiger partial charge in [-0.3, -0.25) is 4.79 Å². The summed E-state index contributed by atoms with van der Waals surface area (Å²) in [5.41, 5.74) is 1.80. The first-order valence-electron chi connectivity index (χ1n) is 6.71. The first kappa shape index (κ1) is 12.2. The molecule has 3 rings (SSSR count). The van der Waals surface area contributed by atoms with Gasteiger partial charge in [-0.25, -0.2) is 4.98 Å². The Bertz CT molecular complexity index is 539. The van der Waals surface area contributed by atoms with Crippen LogP contribution in [0.5, 0.6) is 0 Å².